The molecular formula is C25H33N3O5. The van der Waals surface area contributed by atoms with E-state index in [0.717, 1.165) is 18.4 Å². The van der Waals surface area contributed by atoms with Crippen molar-refractivity contribution in [3.8, 4) is 5.75 Å². The van der Waals surface area contributed by atoms with Crippen molar-refractivity contribution in [1.29, 1.82) is 0 Å². The molecule has 1 aliphatic carbocycles. The number of benzene rings is 2. The molecule has 0 saturated carbocycles. The van der Waals surface area contributed by atoms with Crippen molar-refractivity contribution in [2.45, 2.75) is 63.8 Å². The maximum absolute atomic E-state index is 13.5. The maximum Gasteiger partial charge on any atom is 0.248 e. The van der Waals surface area contributed by atoms with Gasteiger partial charge in [0.1, 0.15) is 5.75 Å². The second-order valence-corrected chi connectivity index (χ2v) is 8.76. The molecule has 1 aliphatic rings. The van der Waals surface area contributed by atoms with Crippen LogP contribution in [0.4, 0.5) is 0 Å². The first kappa shape index (κ1) is 24.7. The van der Waals surface area contributed by atoms with E-state index in [1.54, 1.807) is 35.8 Å². The van der Waals surface area contributed by atoms with Gasteiger partial charge in [-0.1, -0.05) is 55.8 Å². The van der Waals surface area contributed by atoms with Gasteiger partial charge < -0.3 is 20.8 Å². The number of carbonyl (C=O) groups is 2. The summed E-state index contributed by atoms with van der Waals surface area (Å²) < 4.78 is 0. The molecule has 0 heterocycles. The Morgan fingerprint density at radius 3 is 2.48 bits per heavy atom. The van der Waals surface area contributed by atoms with E-state index in [2.05, 4.69) is 10.6 Å². The van der Waals surface area contributed by atoms with E-state index in [1.165, 1.54) is 6.07 Å². The maximum atomic E-state index is 13.5. The number of phenols is 1. The van der Waals surface area contributed by atoms with Gasteiger partial charge >= 0.3 is 0 Å². The number of aryl methyl sites for hydroxylation is 1. The van der Waals surface area contributed by atoms with E-state index < -0.39 is 29.5 Å². The molecule has 4 atom stereocenters. The fourth-order valence-corrected chi connectivity index (χ4v) is 4.57. The Balaban J connectivity index is 1.92. The first-order chi connectivity index (χ1) is 15.8. The molecular weight excluding hydrogens is 422 g/mol. The summed E-state index contributed by atoms with van der Waals surface area (Å²) in [4.78, 5) is 26.2. The minimum atomic E-state index is -1.54. The number of aliphatic hydroxyl groups is 1. The number of para-hydroxylation sites is 1. The highest BCUT2D eigenvalue weighted by molar-refractivity contribution is 5.90. The lowest BCUT2D eigenvalue weighted by Gasteiger charge is -2.33. The quantitative estimate of drug-likeness (QED) is 0.185. The van der Waals surface area contributed by atoms with Crippen molar-refractivity contribution >= 4 is 11.8 Å². The van der Waals surface area contributed by atoms with Gasteiger partial charge in [0.25, 0.3) is 0 Å². The van der Waals surface area contributed by atoms with Crippen molar-refractivity contribution in [3.05, 3.63) is 65.2 Å². The standard InChI is InChI=1S/C25H33N3O5/c1-3-8-16(2)26-22(19(23(30)28-33)15-18-10-5-7-12-21(18)29)24(31)27-25(32)14-13-17-9-4-6-11-20(17)25/h4-7,9-12,16,19,22,26,29,32-33H,3,8,13-15H2,1-2H3,(H,27,31)(H,28,30)/t16?,19-,22+,25-/m0/s1. The van der Waals surface area contributed by atoms with Crippen molar-refractivity contribution in [2.24, 2.45) is 5.92 Å². The van der Waals surface area contributed by atoms with Crippen LogP contribution in [0.5, 0.6) is 5.75 Å². The van der Waals surface area contributed by atoms with Gasteiger partial charge in [-0.3, -0.25) is 14.8 Å². The third-order valence-corrected chi connectivity index (χ3v) is 6.30. The Kier molecular flexibility index (Phi) is 8.07. The van der Waals surface area contributed by atoms with E-state index in [9.17, 15) is 25.0 Å². The van der Waals surface area contributed by atoms with Crippen molar-refractivity contribution < 1.29 is 25.0 Å². The average molecular weight is 456 g/mol. The molecule has 2 aromatic carbocycles. The number of nitrogens with one attached hydrogen (secondary N) is 3. The van der Waals surface area contributed by atoms with E-state index in [0.29, 0.717) is 24.0 Å². The smallest absolute Gasteiger partial charge is 0.248 e. The Morgan fingerprint density at radius 2 is 1.79 bits per heavy atom. The minimum absolute atomic E-state index is 0.00245. The molecule has 2 aromatic rings. The van der Waals surface area contributed by atoms with Crippen LogP contribution in [0.25, 0.3) is 0 Å². The topological polar surface area (TPSA) is 131 Å². The third kappa shape index (κ3) is 5.71. The zero-order chi connectivity index (χ0) is 24.0. The van der Waals surface area contributed by atoms with Crippen LogP contribution in [0.15, 0.2) is 48.5 Å². The number of hydrogen-bond acceptors (Lipinski definition) is 6. The lowest BCUT2D eigenvalue weighted by molar-refractivity contribution is -0.141. The molecule has 6 N–H and O–H groups in total. The number of hydrogen-bond donors (Lipinski definition) is 6. The third-order valence-electron chi connectivity index (χ3n) is 6.30. The summed E-state index contributed by atoms with van der Waals surface area (Å²) in [6.45, 7) is 3.93. The molecule has 0 radical (unpaired) electrons. The molecule has 0 spiro atoms. The van der Waals surface area contributed by atoms with E-state index in [-0.39, 0.29) is 18.2 Å². The van der Waals surface area contributed by atoms with Gasteiger partial charge in [-0.15, -0.1) is 0 Å². The van der Waals surface area contributed by atoms with Crippen molar-refractivity contribution in [2.75, 3.05) is 0 Å². The van der Waals surface area contributed by atoms with Crippen LogP contribution in [0.2, 0.25) is 0 Å². The number of aromatic hydroxyl groups is 1. The van der Waals surface area contributed by atoms with Crippen molar-refractivity contribution in [1.82, 2.24) is 16.1 Å². The molecule has 8 nitrogen and oxygen atoms in total. The van der Waals surface area contributed by atoms with Gasteiger partial charge in [0.15, 0.2) is 5.72 Å². The molecule has 0 aromatic heterocycles. The molecule has 0 saturated heterocycles. The second kappa shape index (κ2) is 10.8. The van der Waals surface area contributed by atoms with Gasteiger partial charge in [-0.2, -0.15) is 0 Å². The summed E-state index contributed by atoms with van der Waals surface area (Å²) in [5, 5.41) is 36.9. The number of hydroxylamine groups is 1. The minimum Gasteiger partial charge on any atom is -0.508 e. The predicted octanol–water partition coefficient (Wildman–Crippen LogP) is 2.11. The summed E-state index contributed by atoms with van der Waals surface area (Å²) >= 11 is 0. The second-order valence-electron chi connectivity index (χ2n) is 8.76. The summed E-state index contributed by atoms with van der Waals surface area (Å²) in [5.41, 5.74) is 2.19. The van der Waals surface area contributed by atoms with E-state index >= 15 is 0 Å². The van der Waals surface area contributed by atoms with Crippen LogP contribution in [-0.2, 0) is 28.2 Å². The van der Waals surface area contributed by atoms with Gasteiger partial charge in [-0.05, 0) is 43.4 Å². The summed E-state index contributed by atoms with van der Waals surface area (Å²) in [6, 6.07) is 12.8. The Hall–Kier alpha value is -2.94. The Morgan fingerprint density at radius 1 is 1.09 bits per heavy atom. The van der Waals surface area contributed by atoms with Gasteiger partial charge in [0.05, 0.1) is 12.0 Å². The lowest BCUT2D eigenvalue weighted by atomic mass is 9.89. The molecule has 3 rings (SSSR count). The van der Waals surface area contributed by atoms with E-state index in [4.69, 9.17) is 0 Å². The summed E-state index contributed by atoms with van der Waals surface area (Å²) in [6.07, 6.45) is 2.59. The number of carbonyl (C=O) groups excluding carboxylic acids is 2. The predicted molar refractivity (Wildman–Crippen MR) is 123 cm³/mol. The molecule has 0 aliphatic heterocycles. The zero-order valence-electron chi connectivity index (χ0n) is 19.0. The summed E-state index contributed by atoms with van der Waals surface area (Å²) in [7, 11) is 0. The molecule has 2 amide bonds. The van der Waals surface area contributed by atoms with Gasteiger partial charge in [-0.25, -0.2) is 5.48 Å². The van der Waals surface area contributed by atoms with Gasteiger partial charge in [0, 0.05) is 18.0 Å². The Labute approximate surface area is 194 Å². The SMILES string of the molecule is CCCC(C)N[C@@H](C(=O)N[C@]1(O)CCc2ccccc21)[C@H](Cc1ccccc1O)C(=O)NO. The molecule has 33 heavy (non-hydrogen) atoms. The van der Waals surface area contributed by atoms with Crippen molar-refractivity contribution in [3.63, 3.8) is 0 Å². The molecule has 1 unspecified atom stereocenters. The normalized spacial score (nSPS) is 19.9. The van der Waals surface area contributed by atoms with Crippen LogP contribution in [-0.4, -0.2) is 39.3 Å². The Bertz CT molecular complexity index is 982. The molecule has 178 valence electrons. The van der Waals surface area contributed by atoms with Crippen LogP contribution >= 0.6 is 0 Å². The van der Waals surface area contributed by atoms with Gasteiger partial charge in [0.2, 0.25) is 11.8 Å². The highest BCUT2D eigenvalue weighted by Gasteiger charge is 2.42. The number of phenolic OH excluding ortho intramolecular Hbond substituents is 1. The number of rotatable bonds is 10. The van der Waals surface area contributed by atoms with Crippen LogP contribution in [0.1, 0.15) is 49.8 Å². The average Bonchev–Trinajstić information content (AvgIpc) is 3.13. The molecule has 0 bridgehead atoms. The summed E-state index contributed by atoms with van der Waals surface area (Å²) in [5.74, 6) is -2.35. The fraction of sp³-hybridized carbons (Fsp3) is 0.440. The van der Waals surface area contributed by atoms with Crippen LogP contribution in [0, 0.1) is 5.92 Å². The van der Waals surface area contributed by atoms with E-state index in [1.807, 2.05) is 26.0 Å². The fourth-order valence-electron chi connectivity index (χ4n) is 4.57. The first-order valence-corrected chi connectivity index (χ1v) is 11.4. The number of fused-ring (bicyclic) bond motifs is 1. The first-order valence-electron chi connectivity index (χ1n) is 11.4. The van der Waals surface area contributed by atoms with Crippen LogP contribution < -0.4 is 16.1 Å². The molecule has 8 heteroatoms. The largest absolute Gasteiger partial charge is 0.508 e. The lowest BCUT2D eigenvalue weighted by Crippen LogP contribution is -2.59. The highest BCUT2D eigenvalue weighted by Crippen LogP contribution is 2.35. The zero-order valence-corrected chi connectivity index (χ0v) is 19.0. The highest BCUT2D eigenvalue weighted by atomic mass is 16.5. The number of amides is 2. The van der Waals surface area contributed by atoms with Crippen LogP contribution in [0.3, 0.4) is 0 Å². The molecule has 0 fully saturated rings. The monoisotopic (exact) mass is 455 g/mol.